The lowest BCUT2D eigenvalue weighted by molar-refractivity contribution is -0.143. The molecular formula is C22H29N3O6. The number of carbonyl (C=O) groups excluding carboxylic acids is 4. The maximum Gasteiger partial charge on any atom is 0.408 e. The van der Waals surface area contributed by atoms with E-state index in [1.807, 2.05) is 0 Å². The number of benzene rings is 1. The van der Waals surface area contributed by atoms with Crippen molar-refractivity contribution in [1.29, 1.82) is 0 Å². The van der Waals surface area contributed by atoms with Gasteiger partial charge >= 0.3 is 12.1 Å². The number of likely N-dealkylation sites (N-methyl/N-ethyl adjacent to an activating group) is 1. The highest BCUT2D eigenvalue weighted by atomic mass is 16.6. The molecule has 0 saturated carbocycles. The Balaban J connectivity index is 3.08. The zero-order valence-corrected chi connectivity index (χ0v) is 18.6. The predicted molar refractivity (Wildman–Crippen MR) is 114 cm³/mol. The van der Waals surface area contributed by atoms with Gasteiger partial charge in [-0.2, -0.15) is 0 Å². The number of terminal acetylenes is 1. The molecule has 0 aromatic heterocycles. The molecule has 1 rings (SSSR count). The SMILES string of the molecule is C#Cc1ccc(C(C(=O)NCC(=O)OC)N(C)C(=O)C(C)NC(=O)OC(C)(C)C)cc1. The first-order valence-electron chi connectivity index (χ1n) is 9.57. The number of hydrogen-bond acceptors (Lipinski definition) is 6. The van der Waals surface area contributed by atoms with Gasteiger partial charge in [0.05, 0.1) is 7.11 Å². The topological polar surface area (TPSA) is 114 Å². The monoisotopic (exact) mass is 431 g/mol. The number of methoxy groups -OCH3 is 1. The van der Waals surface area contributed by atoms with Crippen LogP contribution in [0.4, 0.5) is 4.79 Å². The van der Waals surface area contributed by atoms with E-state index < -0.39 is 41.6 Å². The maximum atomic E-state index is 12.9. The summed E-state index contributed by atoms with van der Waals surface area (Å²) < 4.78 is 9.69. The van der Waals surface area contributed by atoms with Crippen LogP contribution in [0.15, 0.2) is 24.3 Å². The van der Waals surface area contributed by atoms with Gasteiger partial charge in [-0.1, -0.05) is 18.1 Å². The molecule has 31 heavy (non-hydrogen) atoms. The fourth-order valence-corrected chi connectivity index (χ4v) is 2.62. The third kappa shape index (κ3) is 8.01. The highest BCUT2D eigenvalue weighted by Crippen LogP contribution is 2.21. The van der Waals surface area contributed by atoms with Gasteiger partial charge in [-0.15, -0.1) is 6.42 Å². The normalized spacial score (nSPS) is 12.5. The zero-order chi connectivity index (χ0) is 23.8. The van der Waals surface area contributed by atoms with Crippen molar-refractivity contribution >= 4 is 23.9 Å². The molecule has 1 aromatic rings. The van der Waals surface area contributed by atoms with Crippen molar-refractivity contribution in [2.24, 2.45) is 0 Å². The van der Waals surface area contributed by atoms with Crippen molar-refractivity contribution in [3.8, 4) is 12.3 Å². The number of rotatable bonds is 7. The largest absolute Gasteiger partial charge is 0.468 e. The summed E-state index contributed by atoms with van der Waals surface area (Å²) in [5.41, 5.74) is 0.349. The van der Waals surface area contributed by atoms with Gasteiger partial charge in [0.25, 0.3) is 0 Å². The molecule has 9 nitrogen and oxygen atoms in total. The van der Waals surface area contributed by atoms with Crippen LogP contribution in [0.3, 0.4) is 0 Å². The van der Waals surface area contributed by atoms with Gasteiger partial charge in [0.1, 0.15) is 24.2 Å². The third-order valence-corrected chi connectivity index (χ3v) is 4.11. The number of nitrogens with one attached hydrogen (secondary N) is 2. The van der Waals surface area contributed by atoms with Gasteiger partial charge in [-0.05, 0) is 45.4 Å². The van der Waals surface area contributed by atoms with Gasteiger partial charge < -0.3 is 25.0 Å². The average Bonchev–Trinajstić information content (AvgIpc) is 2.70. The molecule has 0 fully saturated rings. The Hall–Kier alpha value is -3.54. The van der Waals surface area contributed by atoms with Crippen LogP contribution in [0.2, 0.25) is 0 Å². The number of alkyl carbamates (subject to hydrolysis) is 1. The number of carbonyl (C=O) groups is 4. The predicted octanol–water partition coefficient (Wildman–Crippen LogP) is 1.37. The molecule has 0 spiro atoms. The van der Waals surface area contributed by atoms with Crippen molar-refractivity contribution < 1.29 is 28.7 Å². The fourth-order valence-electron chi connectivity index (χ4n) is 2.62. The summed E-state index contributed by atoms with van der Waals surface area (Å²) in [6.45, 7) is 6.22. The number of hydrogen-bond donors (Lipinski definition) is 2. The zero-order valence-electron chi connectivity index (χ0n) is 18.6. The van der Waals surface area contributed by atoms with E-state index in [1.54, 1.807) is 45.0 Å². The van der Waals surface area contributed by atoms with Gasteiger partial charge in [0.15, 0.2) is 0 Å². The highest BCUT2D eigenvalue weighted by molar-refractivity contribution is 5.92. The molecule has 0 radical (unpaired) electrons. The first-order chi connectivity index (χ1) is 14.4. The molecule has 168 valence electrons. The Labute approximate surface area is 182 Å². The first-order valence-corrected chi connectivity index (χ1v) is 9.57. The molecule has 9 heteroatoms. The van der Waals surface area contributed by atoms with E-state index in [4.69, 9.17) is 11.2 Å². The summed E-state index contributed by atoms with van der Waals surface area (Å²) in [5, 5.41) is 4.90. The van der Waals surface area contributed by atoms with Crippen LogP contribution in [0.1, 0.15) is 44.9 Å². The lowest BCUT2D eigenvalue weighted by Crippen LogP contribution is -2.50. The van der Waals surface area contributed by atoms with Crippen molar-refractivity contribution in [3.05, 3.63) is 35.4 Å². The average molecular weight is 431 g/mol. The lowest BCUT2D eigenvalue weighted by atomic mass is 10.0. The van der Waals surface area contributed by atoms with Crippen molar-refractivity contribution in [3.63, 3.8) is 0 Å². The quantitative estimate of drug-likeness (QED) is 0.498. The molecule has 0 aliphatic carbocycles. The molecule has 3 amide bonds. The Morgan fingerprint density at radius 1 is 1.16 bits per heavy atom. The Kier molecular flexibility index (Phi) is 9.06. The number of nitrogens with zero attached hydrogens (tertiary/aromatic N) is 1. The standard InChI is InChI=1S/C22H29N3O6/c1-8-15-9-11-16(12-10-15)18(19(27)23-13-17(26)30-7)25(6)20(28)14(2)24-21(29)31-22(3,4)5/h1,9-12,14,18H,13H2,2-7H3,(H,23,27)(H,24,29). The molecule has 2 atom stereocenters. The fraction of sp³-hybridized carbons (Fsp3) is 0.455. The van der Waals surface area contributed by atoms with E-state index in [9.17, 15) is 19.2 Å². The second kappa shape index (κ2) is 11.0. The Bertz CT molecular complexity index is 851. The van der Waals surface area contributed by atoms with Gasteiger partial charge in [0, 0.05) is 12.6 Å². The Morgan fingerprint density at radius 3 is 2.23 bits per heavy atom. The first kappa shape index (κ1) is 25.5. The molecule has 2 unspecified atom stereocenters. The molecule has 0 aliphatic heterocycles. The van der Waals surface area contributed by atoms with Crippen LogP contribution < -0.4 is 10.6 Å². The number of ether oxygens (including phenoxy) is 2. The number of amides is 3. The minimum absolute atomic E-state index is 0.359. The molecule has 2 N–H and O–H groups in total. The third-order valence-electron chi connectivity index (χ3n) is 4.11. The molecule has 0 bridgehead atoms. The van der Waals surface area contributed by atoms with Gasteiger partial charge in [0.2, 0.25) is 11.8 Å². The second-order valence-corrected chi connectivity index (χ2v) is 7.78. The molecule has 0 aliphatic rings. The van der Waals surface area contributed by atoms with Gasteiger partial charge in [-0.3, -0.25) is 14.4 Å². The smallest absolute Gasteiger partial charge is 0.408 e. The van der Waals surface area contributed by atoms with E-state index in [0.717, 1.165) is 0 Å². The minimum atomic E-state index is -1.08. The summed E-state index contributed by atoms with van der Waals surface area (Å²) in [7, 11) is 2.62. The van der Waals surface area contributed by atoms with Crippen LogP contribution in [0, 0.1) is 12.3 Å². The Morgan fingerprint density at radius 2 is 1.74 bits per heavy atom. The lowest BCUT2D eigenvalue weighted by Gasteiger charge is -2.30. The molecule has 0 saturated heterocycles. The van der Waals surface area contributed by atoms with E-state index in [0.29, 0.717) is 11.1 Å². The van der Waals surface area contributed by atoms with Crippen LogP contribution >= 0.6 is 0 Å². The summed E-state index contributed by atoms with van der Waals surface area (Å²) in [6, 6.07) is 4.46. The van der Waals surface area contributed by atoms with Gasteiger partial charge in [-0.25, -0.2) is 4.79 Å². The minimum Gasteiger partial charge on any atom is -0.468 e. The summed E-state index contributed by atoms with van der Waals surface area (Å²) >= 11 is 0. The summed E-state index contributed by atoms with van der Waals surface area (Å²) in [5.74, 6) is 0.706. The number of esters is 1. The molecular weight excluding hydrogens is 402 g/mol. The van der Waals surface area contributed by atoms with E-state index in [-0.39, 0.29) is 6.54 Å². The van der Waals surface area contributed by atoms with Crippen LogP contribution in [0.25, 0.3) is 0 Å². The van der Waals surface area contributed by atoms with Crippen LogP contribution in [-0.2, 0) is 23.9 Å². The second-order valence-electron chi connectivity index (χ2n) is 7.78. The summed E-state index contributed by atoms with van der Waals surface area (Å²) in [6.07, 6.45) is 4.62. The molecule has 0 heterocycles. The van der Waals surface area contributed by atoms with E-state index >= 15 is 0 Å². The van der Waals surface area contributed by atoms with Crippen molar-refractivity contribution in [1.82, 2.24) is 15.5 Å². The maximum absolute atomic E-state index is 12.9. The van der Waals surface area contributed by atoms with Crippen molar-refractivity contribution in [2.45, 2.75) is 45.4 Å². The summed E-state index contributed by atoms with van der Waals surface area (Å²) in [4.78, 5) is 50.3. The van der Waals surface area contributed by atoms with E-state index in [1.165, 1.54) is 26.0 Å². The van der Waals surface area contributed by atoms with Crippen LogP contribution in [-0.4, -0.2) is 61.1 Å². The highest BCUT2D eigenvalue weighted by Gasteiger charge is 2.32. The van der Waals surface area contributed by atoms with Crippen molar-refractivity contribution in [2.75, 3.05) is 20.7 Å². The molecule has 1 aromatic carbocycles. The van der Waals surface area contributed by atoms with Crippen LogP contribution in [0.5, 0.6) is 0 Å². The van der Waals surface area contributed by atoms with E-state index in [2.05, 4.69) is 21.3 Å².